The van der Waals surface area contributed by atoms with E-state index in [4.69, 9.17) is 0 Å². The minimum Gasteiger partial charge on any atom is -0.306 e. The molecule has 0 radical (unpaired) electrons. The lowest BCUT2D eigenvalue weighted by Gasteiger charge is -2.31. The molecule has 9 heteroatoms. The van der Waals surface area contributed by atoms with Crippen LogP contribution in [0.4, 0.5) is 11.4 Å². The maximum Gasteiger partial charge on any atom is 0.282 e. The molecule has 0 bridgehead atoms. The van der Waals surface area contributed by atoms with E-state index in [2.05, 4.69) is 15.9 Å². The predicted octanol–water partition coefficient (Wildman–Crippen LogP) is 6.61. The Bertz CT molecular complexity index is 1860. The quantitative estimate of drug-likeness (QED) is 0.125. The molecule has 0 N–H and O–H groups in total. The molecule has 0 spiro atoms. The number of nitro groups is 1. The minimum atomic E-state index is -0.605. The lowest BCUT2D eigenvalue weighted by atomic mass is 9.94. The van der Waals surface area contributed by atoms with E-state index in [1.165, 1.54) is 23.1 Å². The van der Waals surface area contributed by atoms with E-state index in [1.807, 2.05) is 36.4 Å². The zero-order valence-electron chi connectivity index (χ0n) is 20.9. The molecule has 0 saturated carbocycles. The molecule has 0 atom stereocenters. The summed E-state index contributed by atoms with van der Waals surface area (Å²) in [5.74, 6) is -1.53. The zero-order chi connectivity index (χ0) is 28.0. The average Bonchev–Trinajstić information content (AvgIpc) is 2.98. The van der Waals surface area contributed by atoms with Gasteiger partial charge in [0, 0.05) is 45.5 Å². The van der Waals surface area contributed by atoms with Crippen molar-refractivity contribution in [1.82, 2.24) is 4.90 Å². The molecule has 5 aromatic carbocycles. The highest BCUT2D eigenvalue weighted by Crippen LogP contribution is 2.35. The fourth-order valence-electron chi connectivity index (χ4n) is 5.25. The maximum atomic E-state index is 14.0. The van der Waals surface area contributed by atoms with Crippen LogP contribution < -0.4 is 4.90 Å². The molecule has 1 heterocycles. The van der Waals surface area contributed by atoms with Gasteiger partial charge in [-0.3, -0.25) is 29.4 Å². The summed E-state index contributed by atoms with van der Waals surface area (Å²) in [7, 11) is 0. The Morgan fingerprint density at radius 2 is 1.45 bits per heavy atom. The molecular weight excluding hydrogens is 574 g/mol. The zero-order valence-corrected chi connectivity index (χ0v) is 22.5. The van der Waals surface area contributed by atoms with Gasteiger partial charge in [-0.2, -0.15) is 0 Å². The second-order valence-corrected chi connectivity index (χ2v) is 10.2. The number of carbonyl (C=O) groups is 3. The van der Waals surface area contributed by atoms with Gasteiger partial charge in [-0.25, -0.2) is 0 Å². The van der Waals surface area contributed by atoms with Crippen LogP contribution in [0.15, 0.2) is 102 Å². The highest BCUT2D eigenvalue weighted by molar-refractivity contribution is 9.10. The van der Waals surface area contributed by atoms with E-state index in [1.54, 1.807) is 42.5 Å². The van der Waals surface area contributed by atoms with Crippen LogP contribution in [0.5, 0.6) is 0 Å². The van der Waals surface area contributed by atoms with E-state index in [9.17, 15) is 24.5 Å². The van der Waals surface area contributed by atoms with Gasteiger partial charge in [0.1, 0.15) is 5.56 Å². The average molecular weight is 594 g/mol. The highest BCUT2D eigenvalue weighted by atomic mass is 79.9. The number of hydrogen-bond donors (Lipinski definition) is 0. The molecule has 3 amide bonds. The number of amides is 3. The summed E-state index contributed by atoms with van der Waals surface area (Å²) in [5, 5.41) is 14.7. The highest BCUT2D eigenvalue weighted by Gasteiger charge is 2.34. The third kappa shape index (κ3) is 4.11. The van der Waals surface area contributed by atoms with Gasteiger partial charge in [-0.15, -0.1) is 0 Å². The lowest BCUT2D eigenvalue weighted by molar-refractivity contribution is -0.385. The van der Waals surface area contributed by atoms with Crippen LogP contribution in [0.25, 0.3) is 21.5 Å². The summed E-state index contributed by atoms with van der Waals surface area (Å²) in [5.41, 5.74) is 0.903. The first-order valence-corrected chi connectivity index (χ1v) is 13.3. The molecule has 5 aromatic rings. The molecule has 0 saturated heterocycles. The van der Waals surface area contributed by atoms with Gasteiger partial charge in [0.25, 0.3) is 23.4 Å². The minimum absolute atomic E-state index is 0.0712. The Morgan fingerprint density at radius 3 is 2.25 bits per heavy atom. The molecule has 40 heavy (non-hydrogen) atoms. The van der Waals surface area contributed by atoms with Crippen molar-refractivity contribution in [3.05, 3.63) is 128 Å². The summed E-state index contributed by atoms with van der Waals surface area (Å²) in [6.07, 6.45) is 0. The van der Waals surface area contributed by atoms with Crippen LogP contribution in [-0.4, -0.2) is 40.6 Å². The molecule has 0 fully saturated rings. The number of halogens is 1. The van der Waals surface area contributed by atoms with Gasteiger partial charge in [-0.05, 0) is 41.1 Å². The molecule has 6 rings (SSSR count). The number of anilines is 1. The number of hydrogen-bond acceptors (Lipinski definition) is 5. The van der Waals surface area contributed by atoms with E-state index in [0.29, 0.717) is 22.2 Å². The summed E-state index contributed by atoms with van der Waals surface area (Å²) in [6, 6.07) is 27.4. The van der Waals surface area contributed by atoms with E-state index < -0.39 is 22.6 Å². The van der Waals surface area contributed by atoms with E-state index >= 15 is 0 Å². The van der Waals surface area contributed by atoms with Crippen LogP contribution >= 0.6 is 15.9 Å². The van der Waals surface area contributed by atoms with E-state index in [-0.39, 0.29) is 24.3 Å². The molecular formula is C31H20BrN3O5. The van der Waals surface area contributed by atoms with E-state index in [0.717, 1.165) is 25.5 Å². The van der Waals surface area contributed by atoms with Gasteiger partial charge < -0.3 is 4.90 Å². The van der Waals surface area contributed by atoms with Gasteiger partial charge in [-0.1, -0.05) is 76.6 Å². The van der Waals surface area contributed by atoms with Crippen molar-refractivity contribution in [3.8, 4) is 0 Å². The Morgan fingerprint density at radius 1 is 0.800 bits per heavy atom. The fraction of sp³-hybridized carbons (Fsp3) is 0.0645. The number of fused-ring (bicyclic) bond motifs is 1. The van der Waals surface area contributed by atoms with Crippen LogP contribution in [0.1, 0.15) is 31.1 Å². The maximum absolute atomic E-state index is 14.0. The number of benzene rings is 5. The molecule has 1 aliphatic rings. The Labute approximate surface area is 236 Å². The molecule has 8 nitrogen and oxygen atoms in total. The summed E-state index contributed by atoms with van der Waals surface area (Å²) in [4.78, 5) is 54.8. The van der Waals surface area contributed by atoms with Gasteiger partial charge in [0.2, 0.25) is 0 Å². The fourth-order valence-corrected chi connectivity index (χ4v) is 5.71. The van der Waals surface area contributed by atoms with Crippen molar-refractivity contribution in [3.63, 3.8) is 0 Å². The monoisotopic (exact) mass is 593 g/mol. The predicted molar refractivity (Wildman–Crippen MR) is 156 cm³/mol. The number of rotatable bonds is 6. The lowest BCUT2D eigenvalue weighted by Crippen LogP contribution is -2.46. The SMILES string of the molecule is O=C1c2cccc3c(Br)ccc(c23)C(=O)N1CCN(C(=O)c1ccccc1[N+](=O)[O-])c1cccc2ccccc12. The molecule has 196 valence electrons. The first-order chi connectivity index (χ1) is 19.4. The van der Waals surface area contributed by atoms with Crippen molar-refractivity contribution < 1.29 is 19.3 Å². The number of nitrogens with zero attached hydrogens (tertiary/aromatic N) is 3. The standard InChI is InChI=1S/C31H20BrN3O5/c32-25-16-15-24-28-21(25)11-6-12-23(28)30(37)34(31(24)38)18-17-33(26-14-5-8-19-7-1-2-9-20(19)26)29(36)22-10-3-4-13-27(22)35(39)40/h1-16H,17-18H2. The molecule has 0 aromatic heterocycles. The summed E-state index contributed by atoms with van der Waals surface area (Å²) >= 11 is 3.49. The van der Waals surface area contributed by atoms with Gasteiger partial charge >= 0.3 is 0 Å². The Hall–Kier alpha value is -4.89. The number of para-hydroxylation sites is 1. The van der Waals surface area contributed by atoms with Crippen molar-refractivity contribution in [1.29, 1.82) is 0 Å². The Kier molecular flexibility index (Phi) is 6.36. The third-order valence-corrected chi connectivity index (χ3v) is 7.81. The van der Waals surface area contributed by atoms with Crippen LogP contribution in [0.2, 0.25) is 0 Å². The molecule has 1 aliphatic heterocycles. The topological polar surface area (TPSA) is 101 Å². The van der Waals surface area contributed by atoms with Gasteiger partial charge in [0.15, 0.2) is 0 Å². The smallest absolute Gasteiger partial charge is 0.282 e. The second-order valence-electron chi connectivity index (χ2n) is 9.31. The van der Waals surface area contributed by atoms with Crippen LogP contribution in [0.3, 0.4) is 0 Å². The Balaban J connectivity index is 1.42. The van der Waals surface area contributed by atoms with Crippen LogP contribution in [0, 0.1) is 10.1 Å². The summed E-state index contributed by atoms with van der Waals surface area (Å²) < 4.78 is 0.777. The van der Waals surface area contributed by atoms with Crippen molar-refractivity contribution in [2.75, 3.05) is 18.0 Å². The molecule has 0 unspecified atom stereocenters. The first kappa shape index (κ1) is 25.4. The van der Waals surface area contributed by atoms with Crippen LogP contribution in [-0.2, 0) is 0 Å². The largest absolute Gasteiger partial charge is 0.306 e. The van der Waals surface area contributed by atoms with Crippen molar-refractivity contribution in [2.45, 2.75) is 0 Å². The van der Waals surface area contributed by atoms with Gasteiger partial charge in [0.05, 0.1) is 10.6 Å². The first-order valence-electron chi connectivity index (χ1n) is 12.5. The summed E-state index contributed by atoms with van der Waals surface area (Å²) in [6.45, 7) is -0.183. The molecule has 0 aliphatic carbocycles. The number of carbonyl (C=O) groups excluding carboxylic acids is 3. The number of imide groups is 1. The second kappa shape index (κ2) is 10.0. The normalized spacial score (nSPS) is 12.7. The third-order valence-electron chi connectivity index (χ3n) is 7.12. The van der Waals surface area contributed by atoms with Crippen molar-refractivity contribution in [2.24, 2.45) is 0 Å². The number of nitro benzene ring substituents is 1. The van der Waals surface area contributed by atoms with Crippen molar-refractivity contribution >= 4 is 66.6 Å².